The highest BCUT2D eigenvalue weighted by molar-refractivity contribution is 8.03. The van der Waals surface area contributed by atoms with E-state index in [1.54, 1.807) is 6.92 Å². The van der Waals surface area contributed by atoms with Crippen LogP contribution >= 0.6 is 11.8 Å². The lowest BCUT2D eigenvalue weighted by atomic mass is 9.83. The molecule has 2 aliphatic rings. The van der Waals surface area contributed by atoms with Crippen LogP contribution in [0.4, 0.5) is 0 Å². The third-order valence-corrected chi connectivity index (χ3v) is 4.59. The molecular formula is C12H19N3O5S. The lowest BCUT2D eigenvalue weighted by molar-refractivity contribution is -0.161. The Morgan fingerprint density at radius 3 is 2.86 bits per heavy atom. The third-order valence-electron chi connectivity index (χ3n) is 3.49. The largest absolute Gasteiger partial charge is 0.477 e. The second kappa shape index (κ2) is 6.92. The molecule has 0 saturated carbocycles. The maximum atomic E-state index is 11.9. The number of carbonyl (C=O) groups excluding carboxylic acids is 1. The molecule has 0 spiro atoms. The Bertz CT molecular complexity index is 491. The Morgan fingerprint density at radius 2 is 2.33 bits per heavy atom. The summed E-state index contributed by atoms with van der Waals surface area (Å²) in [4.78, 5) is 29.1. The number of hydrogen-bond acceptors (Lipinski definition) is 5. The molecule has 2 aliphatic heterocycles. The minimum atomic E-state index is -1.10. The number of carbonyl (C=O) groups is 2. The molecule has 1 amide bonds. The number of carboxylic acid groups (broad SMARTS) is 1. The summed E-state index contributed by atoms with van der Waals surface area (Å²) in [7, 11) is 0. The van der Waals surface area contributed by atoms with E-state index in [2.05, 4.69) is 4.99 Å². The molecule has 1 fully saturated rings. The highest BCUT2D eigenvalue weighted by Gasteiger charge is 2.56. The first-order valence-electron chi connectivity index (χ1n) is 6.29. The van der Waals surface area contributed by atoms with E-state index in [-0.39, 0.29) is 23.1 Å². The van der Waals surface area contributed by atoms with Crippen molar-refractivity contribution in [3.63, 3.8) is 0 Å². The topological polar surface area (TPSA) is 148 Å². The van der Waals surface area contributed by atoms with Gasteiger partial charge in [-0.05, 0) is 6.92 Å². The van der Waals surface area contributed by atoms with Gasteiger partial charge in [0, 0.05) is 17.1 Å². The van der Waals surface area contributed by atoms with E-state index in [0.717, 1.165) is 0 Å². The van der Waals surface area contributed by atoms with Crippen LogP contribution in [0.5, 0.6) is 0 Å². The SMILES string of the molecule is C[C@H](O)[C@@H]1C(=O)N2C(C(=O)O)=C(SCCN=CN)C[C@@H]12.O. The van der Waals surface area contributed by atoms with Gasteiger partial charge in [0.2, 0.25) is 5.91 Å². The van der Waals surface area contributed by atoms with Gasteiger partial charge >= 0.3 is 5.97 Å². The maximum absolute atomic E-state index is 11.9. The molecular weight excluding hydrogens is 298 g/mol. The van der Waals surface area contributed by atoms with E-state index in [1.165, 1.54) is 23.0 Å². The van der Waals surface area contributed by atoms with Crippen molar-refractivity contribution in [1.29, 1.82) is 0 Å². The van der Waals surface area contributed by atoms with E-state index in [1.807, 2.05) is 0 Å². The fraction of sp³-hybridized carbons (Fsp3) is 0.583. The van der Waals surface area contributed by atoms with Gasteiger partial charge in [0.25, 0.3) is 0 Å². The van der Waals surface area contributed by atoms with Gasteiger partial charge in [0.15, 0.2) is 0 Å². The summed E-state index contributed by atoms with van der Waals surface area (Å²) >= 11 is 1.38. The Hall–Kier alpha value is -1.58. The maximum Gasteiger partial charge on any atom is 0.353 e. The minimum Gasteiger partial charge on any atom is -0.477 e. The first-order chi connectivity index (χ1) is 9.49. The van der Waals surface area contributed by atoms with Crippen molar-refractivity contribution >= 4 is 30.0 Å². The Labute approximate surface area is 126 Å². The number of amides is 1. The highest BCUT2D eigenvalue weighted by atomic mass is 32.2. The molecule has 0 aromatic heterocycles. The zero-order valence-corrected chi connectivity index (χ0v) is 12.3. The first kappa shape index (κ1) is 17.5. The Morgan fingerprint density at radius 1 is 1.67 bits per heavy atom. The molecule has 9 heteroatoms. The number of aliphatic imine (C=N–C) groups is 1. The number of thioether (sulfide) groups is 1. The summed E-state index contributed by atoms with van der Waals surface area (Å²) in [5, 5.41) is 18.9. The molecule has 0 aliphatic carbocycles. The van der Waals surface area contributed by atoms with Crippen molar-refractivity contribution < 1.29 is 25.3 Å². The number of rotatable bonds is 6. The molecule has 0 aromatic carbocycles. The molecule has 3 atom stereocenters. The van der Waals surface area contributed by atoms with E-state index >= 15 is 0 Å². The summed E-state index contributed by atoms with van der Waals surface area (Å²) in [6, 6.07) is -0.228. The van der Waals surface area contributed by atoms with Crippen molar-refractivity contribution in [3.8, 4) is 0 Å². The van der Waals surface area contributed by atoms with Crippen molar-refractivity contribution in [2.24, 2.45) is 16.6 Å². The van der Waals surface area contributed by atoms with Crippen molar-refractivity contribution in [2.45, 2.75) is 25.5 Å². The molecule has 118 valence electrons. The lowest BCUT2D eigenvalue weighted by Gasteiger charge is -2.44. The van der Waals surface area contributed by atoms with Crippen molar-refractivity contribution in [3.05, 3.63) is 10.6 Å². The van der Waals surface area contributed by atoms with Gasteiger partial charge in [-0.3, -0.25) is 9.79 Å². The standard InChI is InChI=1S/C12H17N3O4S.H2O/c1-6(16)9-7-4-8(20-3-2-14-5-13)10(12(18)19)15(7)11(9)17;/h5-7,9,16H,2-4H2,1H3,(H2,13,14)(H,18,19);1H2/t6-,7-,9-;/m0./s1. The normalized spacial score (nSPS) is 25.6. The number of hydrogen-bond donors (Lipinski definition) is 3. The summed E-state index contributed by atoms with van der Waals surface area (Å²) in [5.74, 6) is -1.30. The van der Waals surface area contributed by atoms with Gasteiger partial charge in [0.05, 0.1) is 30.9 Å². The van der Waals surface area contributed by atoms with E-state index in [4.69, 9.17) is 5.73 Å². The van der Waals surface area contributed by atoms with Crippen LogP contribution in [0.25, 0.3) is 0 Å². The summed E-state index contributed by atoms with van der Waals surface area (Å²) in [5.41, 5.74) is 5.19. The number of aliphatic hydroxyl groups is 1. The van der Waals surface area contributed by atoms with Crippen LogP contribution in [0, 0.1) is 5.92 Å². The molecule has 0 radical (unpaired) electrons. The van der Waals surface area contributed by atoms with E-state index < -0.39 is 18.0 Å². The van der Waals surface area contributed by atoms with Crippen molar-refractivity contribution in [1.82, 2.24) is 4.90 Å². The summed E-state index contributed by atoms with van der Waals surface area (Å²) < 4.78 is 0. The monoisotopic (exact) mass is 317 g/mol. The number of fused-ring (bicyclic) bond motifs is 1. The minimum absolute atomic E-state index is 0. The molecule has 0 aromatic rings. The van der Waals surface area contributed by atoms with Gasteiger partial charge in [0.1, 0.15) is 5.70 Å². The highest BCUT2D eigenvalue weighted by Crippen LogP contribution is 2.46. The Balaban J connectivity index is 0.00000220. The molecule has 0 unspecified atom stereocenters. The number of β-lactam (4-membered cyclic amide) rings is 1. The molecule has 6 N–H and O–H groups in total. The molecule has 8 nitrogen and oxygen atoms in total. The molecule has 1 saturated heterocycles. The van der Waals surface area contributed by atoms with Crippen LogP contribution in [-0.2, 0) is 9.59 Å². The van der Waals surface area contributed by atoms with Gasteiger partial charge in [-0.15, -0.1) is 11.8 Å². The van der Waals surface area contributed by atoms with Gasteiger partial charge in [-0.1, -0.05) is 0 Å². The number of nitrogens with zero attached hydrogens (tertiary/aromatic N) is 2. The molecule has 0 bridgehead atoms. The first-order valence-corrected chi connectivity index (χ1v) is 7.28. The third kappa shape index (κ3) is 3.04. The van der Waals surface area contributed by atoms with E-state index in [9.17, 15) is 19.8 Å². The predicted molar refractivity (Wildman–Crippen MR) is 78.7 cm³/mol. The van der Waals surface area contributed by atoms with Crippen LogP contribution < -0.4 is 5.73 Å². The van der Waals surface area contributed by atoms with Crippen LogP contribution in [0.2, 0.25) is 0 Å². The van der Waals surface area contributed by atoms with Crippen molar-refractivity contribution in [2.75, 3.05) is 12.3 Å². The van der Waals surface area contributed by atoms with Crippen LogP contribution in [-0.4, -0.2) is 63.2 Å². The second-order valence-corrected chi connectivity index (χ2v) is 5.92. The average Bonchev–Trinajstić information content (AvgIpc) is 2.69. The average molecular weight is 317 g/mol. The summed E-state index contributed by atoms with van der Waals surface area (Å²) in [6.07, 6.45) is 0.937. The lowest BCUT2D eigenvalue weighted by Crippen LogP contribution is -2.61. The van der Waals surface area contributed by atoms with Gasteiger partial charge in [-0.2, -0.15) is 0 Å². The number of aliphatic hydroxyl groups excluding tert-OH is 1. The predicted octanol–water partition coefficient (Wildman–Crippen LogP) is -1.21. The number of aliphatic carboxylic acids is 1. The summed E-state index contributed by atoms with van der Waals surface area (Å²) in [6.45, 7) is 2.05. The smallest absolute Gasteiger partial charge is 0.353 e. The zero-order valence-electron chi connectivity index (χ0n) is 11.5. The Kier molecular flexibility index (Phi) is 5.76. The molecule has 2 heterocycles. The van der Waals surface area contributed by atoms with E-state index in [0.29, 0.717) is 23.6 Å². The van der Waals surface area contributed by atoms with Crippen LogP contribution in [0.15, 0.2) is 15.6 Å². The zero-order chi connectivity index (χ0) is 14.9. The van der Waals surface area contributed by atoms with Gasteiger partial charge < -0.3 is 26.3 Å². The second-order valence-electron chi connectivity index (χ2n) is 4.73. The van der Waals surface area contributed by atoms with Crippen LogP contribution in [0.1, 0.15) is 13.3 Å². The fourth-order valence-corrected chi connectivity index (χ4v) is 3.71. The molecule has 2 rings (SSSR count). The molecule has 21 heavy (non-hydrogen) atoms. The van der Waals surface area contributed by atoms with Gasteiger partial charge in [-0.25, -0.2) is 4.79 Å². The number of nitrogens with two attached hydrogens (primary N) is 1. The van der Waals surface area contributed by atoms with Crippen LogP contribution in [0.3, 0.4) is 0 Å². The quantitative estimate of drug-likeness (QED) is 0.242. The number of carboxylic acids is 1. The fourth-order valence-electron chi connectivity index (χ4n) is 2.66.